The number of amides is 2. The topological polar surface area (TPSA) is 59.0 Å². The van der Waals surface area contributed by atoms with E-state index in [1.165, 1.54) is 0 Å². The molecule has 0 atom stereocenters. The molecule has 0 radical (unpaired) electrons. The van der Waals surface area contributed by atoms with Crippen LogP contribution in [0, 0.1) is 0 Å². The van der Waals surface area contributed by atoms with Gasteiger partial charge in [-0.2, -0.15) is 5.10 Å². The molecule has 2 amide bonds. The Morgan fingerprint density at radius 3 is 2.47 bits per heavy atom. The number of aryl methyl sites for hydroxylation is 1. The Hall–Kier alpha value is -2.01. The van der Waals surface area contributed by atoms with E-state index in [0.717, 1.165) is 0 Å². The molecule has 0 aliphatic rings. The monoisotopic (exact) mass is 250 g/mol. The molecule has 5 nitrogen and oxygen atoms in total. The van der Waals surface area contributed by atoms with E-state index in [1.54, 1.807) is 48.4 Å². The first-order valence-electron chi connectivity index (χ1n) is 4.96. The Kier molecular flexibility index (Phi) is 3.30. The van der Waals surface area contributed by atoms with Crippen LogP contribution in [0.25, 0.3) is 0 Å². The molecule has 2 rings (SSSR count). The van der Waals surface area contributed by atoms with Gasteiger partial charge in [0.05, 0.1) is 11.9 Å². The van der Waals surface area contributed by atoms with E-state index in [2.05, 4.69) is 15.7 Å². The molecule has 0 bridgehead atoms. The average Bonchev–Trinajstić information content (AvgIpc) is 2.67. The van der Waals surface area contributed by atoms with Gasteiger partial charge in [-0.05, 0) is 24.3 Å². The Morgan fingerprint density at radius 1 is 1.24 bits per heavy atom. The molecule has 0 unspecified atom stereocenters. The highest BCUT2D eigenvalue weighted by Crippen LogP contribution is 2.13. The molecular formula is C11H11ClN4O. The SMILES string of the molecule is Cn1cc(NC(=O)Nc2ccc(Cl)cc2)cn1. The summed E-state index contributed by atoms with van der Waals surface area (Å²) in [4.78, 5) is 11.6. The van der Waals surface area contributed by atoms with Crippen LogP contribution >= 0.6 is 11.6 Å². The van der Waals surface area contributed by atoms with Crippen molar-refractivity contribution in [2.75, 3.05) is 10.6 Å². The average molecular weight is 251 g/mol. The highest BCUT2D eigenvalue weighted by molar-refractivity contribution is 6.30. The van der Waals surface area contributed by atoms with Gasteiger partial charge in [0.2, 0.25) is 0 Å². The van der Waals surface area contributed by atoms with Crippen LogP contribution in [0.15, 0.2) is 36.7 Å². The first kappa shape index (κ1) is 11.5. The summed E-state index contributed by atoms with van der Waals surface area (Å²) in [5.41, 5.74) is 1.31. The maximum Gasteiger partial charge on any atom is 0.323 e. The molecule has 17 heavy (non-hydrogen) atoms. The van der Waals surface area contributed by atoms with Gasteiger partial charge < -0.3 is 10.6 Å². The van der Waals surface area contributed by atoms with Gasteiger partial charge in [-0.1, -0.05) is 11.6 Å². The zero-order valence-corrected chi connectivity index (χ0v) is 9.90. The lowest BCUT2D eigenvalue weighted by molar-refractivity contribution is 0.262. The first-order valence-corrected chi connectivity index (χ1v) is 5.33. The van der Waals surface area contributed by atoms with Crippen LogP contribution in [0.3, 0.4) is 0 Å². The van der Waals surface area contributed by atoms with Crippen molar-refractivity contribution in [3.63, 3.8) is 0 Å². The molecule has 0 aliphatic heterocycles. The van der Waals surface area contributed by atoms with E-state index in [9.17, 15) is 4.79 Å². The predicted octanol–water partition coefficient (Wildman–Crippen LogP) is 2.72. The molecule has 6 heteroatoms. The smallest absolute Gasteiger partial charge is 0.308 e. The number of carbonyl (C=O) groups excluding carboxylic acids is 1. The van der Waals surface area contributed by atoms with Gasteiger partial charge in [0.1, 0.15) is 0 Å². The summed E-state index contributed by atoms with van der Waals surface area (Å²) < 4.78 is 1.61. The van der Waals surface area contributed by atoms with Crippen molar-refractivity contribution in [3.8, 4) is 0 Å². The highest BCUT2D eigenvalue weighted by atomic mass is 35.5. The van der Waals surface area contributed by atoms with Crippen molar-refractivity contribution < 1.29 is 4.79 Å². The quantitative estimate of drug-likeness (QED) is 0.861. The van der Waals surface area contributed by atoms with Gasteiger partial charge >= 0.3 is 6.03 Å². The number of hydrogen-bond acceptors (Lipinski definition) is 2. The number of urea groups is 1. The van der Waals surface area contributed by atoms with Crippen LogP contribution < -0.4 is 10.6 Å². The largest absolute Gasteiger partial charge is 0.323 e. The Morgan fingerprint density at radius 2 is 1.88 bits per heavy atom. The Labute approximate surface area is 103 Å². The summed E-state index contributed by atoms with van der Waals surface area (Å²) in [6.07, 6.45) is 3.28. The molecule has 88 valence electrons. The van der Waals surface area contributed by atoms with Crippen LogP contribution in [0.1, 0.15) is 0 Å². The molecule has 1 aromatic heterocycles. The van der Waals surface area contributed by atoms with Crippen molar-refractivity contribution >= 4 is 29.0 Å². The van der Waals surface area contributed by atoms with Crippen molar-refractivity contribution in [3.05, 3.63) is 41.7 Å². The van der Waals surface area contributed by atoms with Crippen molar-refractivity contribution in [2.24, 2.45) is 7.05 Å². The number of halogens is 1. The third-order valence-electron chi connectivity index (χ3n) is 2.06. The van der Waals surface area contributed by atoms with Crippen LogP contribution in [0.4, 0.5) is 16.2 Å². The summed E-state index contributed by atoms with van der Waals surface area (Å²) in [5, 5.41) is 9.91. The molecule has 2 N–H and O–H groups in total. The van der Waals surface area contributed by atoms with Crippen LogP contribution in [0.2, 0.25) is 5.02 Å². The number of carbonyl (C=O) groups is 1. The minimum Gasteiger partial charge on any atom is -0.308 e. The number of anilines is 2. The molecule has 2 aromatic rings. The van der Waals surface area contributed by atoms with E-state index in [1.807, 2.05) is 0 Å². The normalized spacial score (nSPS) is 10.0. The summed E-state index contributed by atoms with van der Waals surface area (Å²) in [7, 11) is 1.78. The number of rotatable bonds is 2. The van der Waals surface area contributed by atoms with E-state index in [-0.39, 0.29) is 6.03 Å². The zero-order valence-electron chi connectivity index (χ0n) is 9.14. The van der Waals surface area contributed by atoms with E-state index in [0.29, 0.717) is 16.4 Å². The van der Waals surface area contributed by atoms with Crippen molar-refractivity contribution in [1.82, 2.24) is 9.78 Å². The van der Waals surface area contributed by atoms with Crippen LogP contribution in [0.5, 0.6) is 0 Å². The molecular weight excluding hydrogens is 240 g/mol. The minimum absolute atomic E-state index is 0.319. The number of hydrogen-bond donors (Lipinski definition) is 2. The van der Waals surface area contributed by atoms with E-state index >= 15 is 0 Å². The third kappa shape index (κ3) is 3.22. The summed E-state index contributed by atoms with van der Waals surface area (Å²) in [5.74, 6) is 0. The third-order valence-corrected chi connectivity index (χ3v) is 2.32. The van der Waals surface area contributed by atoms with Crippen LogP contribution in [-0.4, -0.2) is 15.8 Å². The predicted molar refractivity (Wildman–Crippen MR) is 67.3 cm³/mol. The number of benzene rings is 1. The molecule has 0 spiro atoms. The molecule has 0 saturated heterocycles. The number of aromatic nitrogens is 2. The molecule has 1 aromatic carbocycles. The maximum absolute atomic E-state index is 11.6. The van der Waals surface area contributed by atoms with Gasteiger partial charge in [0.25, 0.3) is 0 Å². The second-order valence-electron chi connectivity index (χ2n) is 3.49. The van der Waals surface area contributed by atoms with Gasteiger partial charge in [0, 0.05) is 24.0 Å². The fourth-order valence-electron chi connectivity index (χ4n) is 1.31. The van der Waals surface area contributed by atoms with Gasteiger partial charge in [-0.25, -0.2) is 4.79 Å². The van der Waals surface area contributed by atoms with Gasteiger partial charge in [-0.3, -0.25) is 4.68 Å². The lowest BCUT2D eigenvalue weighted by atomic mass is 10.3. The molecule has 0 fully saturated rings. The van der Waals surface area contributed by atoms with E-state index < -0.39 is 0 Å². The van der Waals surface area contributed by atoms with Crippen LogP contribution in [-0.2, 0) is 7.05 Å². The van der Waals surface area contributed by atoms with Crippen molar-refractivity contribution in [1.29, 1.82) is 0 Å². The lowest BCUT2D eigenvalue weighted by Gasteiger charge is -2.05. The zero-order chi connectivity index (χ0) is 12.3. The molecule has 1 heterocycles. The van der Waals surface area contributed by atoms with Gasteiger partial charge in [0.15, 0.2) is 0 Å². The number of nitrogens with one attached hydrogen (secondary N) is 2. The number of nitrogens with zero attached hydrogens (tertiary/aromatic N) is 2. The second kappa shape index (κ2) is 4.88. The molecule has 0 saturated carbocycles. The summed E-state index contributed by atoms with van der Waals surface area (Å²) in [6, 6.07) is 6.55. The maximum atomic E-state index is 11.6. The molecule has 0 aliphatic carbocycles. The van der Waals surface area contributed by atoms with Gasteiger partial charge in [-0.15, -0.1) is 0 Å². The fourth-order valence-corrected chi connectivity index (χ4v) is 1.44. The fraction of sp³-hybridized carbons (Fsp3) is 0.0909. The second-order valence-corrected chi connectivity index (χ2v) is 3.93. The van der Waals surface area contributed by atoms with E-state index in [4.69, 9.17) is 11.6 Å². The lowest BCUT2D eigenvalue weighted by Crippen LogP contribution is -2.18. The standard InChI is InChI=1S/C11H11ClN4O/c1-16-7-10(6-13-16)15-11(17)14-9-4-2-8(12)3-5-9/h2-7H,1H3,(H2,14,15,17). The Balaban J connectivity index is 1.95. The minimum atomic E-state index is -0.319. The summed E-state index contributed by atoms with van der Waals surface area (Å²) in [6.45, 7) is 0. The Bertz CT molecular complexity index is 521. The highest BCUT2D eigenvalue weighted by Gasteiger charge is 2.03. The van der Waals surface area contributed by atoms with Crippen molar-refractivity contribution in [2.45, 2.75) is 0 Å². The first-order chi connectivity index (χ1) is 8.13. The summed E-state index contributed by atoms with van der Waals surface area (Å²) >= 11 is 5.74.